The van der Waals surface area contributed by atoms with E-state index in [1.165, 1.54) is 6.20 Å². The van der Waals surface area contributed by atoms with Gasteiger partial charge in [0, 0.05) is 29.5 Å². The molecule has 2 heterocycles. The topological polar surface area (TPSA) is 77.0 Å². The van der Waals surface area contributed by atoms with E-state index in [2.05, 4.69) is 20.3 Å². The monoisotopic (exact) mass is 320 g/mol. The molecule has 0 radical (unpaired) electrons. The Hall–Kier alpha value is -3.28. The van der Waals surface area contributed by atoms with E-state index in [0.29, 0.717) is 23.0 Å². The van der Waals surface area contributed by atoms with Crippen LogP contribution < -0.4 is 10.1 Å². The van der Waals surface area contributed by atoms with Gasteiger partial charge in [0.15, 0.2) is 0 Å². The van der Waals surface area contributed by atoms with Crippen molar-refractivity contribution in [3.63, 3.8) is 0 Å². The van der Waals surface area contributed by atoms with E-state index < -0.39 is 0 Å². The maximum Gasteiger partial charge on any atom is 0.322 e. The molecule has 2 aromatic heterocycles. The van der Waals surface area contributed by atoms with E-state index in [1.54, 1.807) is 42.6 Å². The summed E-state index contributed by atoms with van der Waals surface area (Å²) in [5.74, 6) is 0.383. The number of hydrogen-bond donors (Lipinski definition) is 1. The van der Waals surface area contributed by atoms with E-state index >= 15 is 0 Å². The predicted octanol–water partition coefficient (Wildman–Crippen LogP) is 3.53. The molecular weight excluding hydrogens is 304 g/mol. The van der Waals surface area contributed by atoms with Crippen LogP contribution in [0.4, 0.5) is 5.69 Å². The predicted molar refractivity (Wildman–Crippen MR) is 90.2 cm³/mol. The van der Waals surface area contributed by atoms with E-state index in [-0.39, 0.29) is 5.91 Å². The number of aryl methyl sites for hydroxylation is 2. The van der Waals surface area contributed by atoms with Crippen molar-refractivity contribution in [2.24, 2.45) is 0 Å². The molecule has 0 aliphatic heterocycles. The first kappa shape index (κ1) is 15.6. The molecule has 6 nitrogen and oxygen atoms in total. The van der Waals surface area contributed by atoms with Crippen molar-refractivity contribution < 1.29 is 9.53 Å². The molecule has 0 spiro atoms. The molecule has 0 aliphatic rings. The number of benzene rings is 1. The summed E-state index contributed by atoms with van der Waals surface area (Å²) in [6, 6.07) is 12.6. The highest BCUT2D eigenvalue weighted by atomic mass is 16.5. The van der Waals surface area contributed by atoms with Crippen LogP contribution in [0.2, 0.25) is 0 Å². The minimum Gasteiger partial charge on any atom is -0.424 e. The second-order valence-corrected chi connectivity index (χ2v) is 5.26. The number of pyridine rings is 1. The van der Waals surface area contributed by atoms with Gasteiger partial charge in [-0.2, -0.15) is 0 Å². The molecule has 0 atom stereocenters. The summed E-state index contributed by atoms with van der Waals surface area (Å²) in [6.45, 7) is 3.78. The normalized spacial score (nSPS) is 10.2. The third kappa shape index (κ3) is 3.92. The van der Waals surface area contributed by atoms with Gasteiger partial charge in [0.05, 0.1) is 5.56 Å². The first-order valence-electron chi connectivity index (χ1n) is 7.42. The van der Waals surface area contributed by atoms with Gasteiger partial charge in [-0.1, -0.05) is 0 Å². The highest BCUT2D eigenvalue weighted by Gasteiger charge is 2.07. The van der Waals surface area contributed by atoms with Crippen LogP contribution in [0.1, 0.15) is 21.7 Å². The smallest absolute Gasteiger partial charge is 0.322 e. The van der Waals surface area contributed by atoms with Gasteiger partial charge >= 0.3 is 6.01 Å². The van der Waals surface area contributed by atoms with E-state index in [4.69, 9.17) is 4.74 Å². The molecule has 1 amide bonds. The van der Waals surface area contributed by atoms with Crippen LogP contribution in [0.5, 0.6) is 11.8 Å². The van der Waals surface area contributed by atoms with Gasteiger partial charge in [-0.15, -0.1) is 0 Å². The molecule has 0 saturated heterocycles. The lowest BCUT2D eigenvalue weighted by molar-refractivity contribution is 0.102. The molecule has 0 unspecified atom stereocenters. The highest BCUT2D eigenvalue weighted by Crippen LogP contribution is 2.21. The number of carbonyl (C=O) groups is 1. The minimum absolute atomic E-state index is 0.214. The Kier molecular flexibility index (Phi) is 4.47. The molecule has 1 N–H and O–H groups in total. The molecule has 3 rings (SSSR count). The van der Waals surface area contributed by atoms with Crippen molar-refractivity contribution in [2.45, 2.75) is 13.8 Å². The van der Waals surface area contributed by atoms with Gasteiger partial charge in [-0.3, -0.25) is 9.78 Å². The Morgan fingerprint density at radius 2 is 1.75 bits per heavy atom. The number of aromatic nitrogens is 3. The standard InChI is InChI=1S/C18H16N4O2/c1-12-10-13(2)21-18(20-12)24-16-7-5-15(6-8-16)22-17(23)14-4-3-9-19-11-14/h3-11H,1-2H3,(H,22,23). The molecule has 6 heteroatoms. The van der Waals surface area contributed by atoms with Gasteiger partial charge in [0.1, 0.15) is 5.75 Å². The number of nitrogens with zero attached hydrogens (tertiary/aromatic N) is 3. The van der Waals surface area contributed by atoms with Gasteiger partial charge in [-0.05, 0) is 56.3 Å². The van der Waals surface area contributed by atoms with E-state index in [9.17, 15) is 4.79 Å². The number of nitrogens with one attached hydrogen (secondary N) is 1. The maximum atomic E-state index is 12.1. The Morgan fingerprint density at radius 1 is 1.04 bits per heavy atom. The van der Waals surface area contributed by atoms with Crippen molar-refractivity contribution in [2.75, 3.05) is 5.32 Å². The summed E-state index contributed by atoms with van der Waals surface area (Å²) in [6.07, 6.45) is 3.14. The second-order valence-electron chi connectivity index (χ2n) is 5.26. The van der Waals surface area contributed by atoms with Gasteiger partial charge in [0.25, 0.3) is 5.91 Å². The van der Waals surface area contributed by atoms with Crippen molar-refractivity contribution in [1.82, 2.24) is 15.0 Å². The quantitative estimate of drug-likeness (QED) is 0.795. The molecule has 120 valence electrons. The Balaban J connectivity index is 1.68. The van der Waals surface area contributed by atoms with Crippen LogP contribution in [-0.2, 0) is 0 Å². The minimum atomic E-state index is -0.214. The second kappa shape index (κ2) is 6.87. The van der Waals surface area contributed by atoms with Crippen molar-refractivity contribution >= 4 is 11.6 Å². The number of rotatable bonds is 4. The molecule has 0 saturated carbocycles. The van der Waals surface area contributed by atoms with Gasteiger partial charge in [0.2, 0.25) is 0 Å². The fourth-order valence-corrected chi connectivity index (χ4v) is 2.15. The average Bonchev–Trinajstić information content (AvgIpc) is 2.56. The summed E-state index contributed by atoms with van der Waals surface area (Å²) in [5, 5.41) is 2.80. The molecule has 0 bridgehead atoms. The molecule has 0 aliphatic carbocycles. The zero-order valence-electron chi connectivity index (χ0n) is 13.4. The number of ether oxygens (including phenoxy) is 1. The van der Waals surface area contributed by atoms with Crippen LogP contribution >= 0.6 is 0 Å². The number of amides is 1. The van der Waals surface area contributed by atoms with Crippen molar-refractivity contribution in [3.05, 3.63) is 71.8 Å². The number of anilines is 1. The molecule has 0 fully saturated rings. The van der Waals surface area contributed by atoms with E-state index in [0.717, 1.165) is 11.4 Å². The Bertz CT molecular complexity index is 828. The Labute approximate surface area is 139 Å². The van der Waals surface area contributed by atoms with Crippen LogP contribution in [0.25, 0.3) is 0 Å². The molecule has 1 aromatic carbocycles. The zero-order valence-corrected chi connectivity index (χ0v) is 13.4. The average molecular weight is 320 g/mol. The summed E-state index contributed by atoms with van der Waals surface area (Å²) < 4.78 is 5.64. The van der Waals surface area contributed by atoms with E-state index in [1.807, 2.05) is 19.9 Å². The van der Waals surface area contributed by atoms with Crippen LogP contribution in [0.15, 0.2) is 54.9 Å². The van der Waals surface area contributed by atoms with Crippen LogP contribution in [-0.4, -0.2) is 20.9 Å². The fraction of sp³-hybridized carbons (Fsp3) is 0.111. The summed E-state index contributed by atoms with van der Waals surface area (Å²) in [5.41, 5.74) is 2.86. The fourth-order valence-electron chi connectivity index (χ4n) is 2.15. The van der Waals surface area contributed by atoms with Gasteiger partial charge in [-0.25, -0.2) is 9.97 Å². The van der Waals surface area contributed by atoms with Crippen molar-refractivity contribution in [1.29, 1.82) is 0 Å². The van der Waals surface area contributed by atoms with Gasteiger partial charge < -0.3 is 10.1 Å². The maximum absolute atomic E-state index is 12.1. The van der Waals surface area contributed by atoms with Crippen LogP contribution in [0, 0.1) is 13.8 Å². The van der Waals surface area contributed by atoms with Crippen molar-refractivity contribution in [3.8, 4) is 11.8 Å². The molecule has 3 aromatic rings. The molecule has 24 heavy (non-hydrogen) atoms. The summed E-state index contributed by atoms with van der Waals surface area (Å²) >= 11 is 0. The lowest BCUT2D eigenvalue weighted by atomic mass is 10.2. The third-order valence-electron chi connectivity index (χ3n) is 3.21. The third-order valence-corrected chi connectivity index (χ3v) is 3.21. The highest BCUT2D eigenvalue weighted by molar-refractivity contribution is 6.04. The molecular formula is C18H16N4O2. The SMILES string of the molecule is Cc1cc(C)nc(Oc2ccc(NC(=O)c3cccnc3)cc2)n1. The zero-order chi connectivity index (χ0) is 16.9. The largest absolute Gasteiger partial charge is 0.424 e. The lowest BCUT2D eigenvalue weighted by Crippen LogP contribution is -2.11. The first-order chi connectivity index (χ1) is 11.6. The summed E-state index contributed by atoms with van der Waals surface area (Å²) in [7, 11) is 0. The number of hydrogen-bond acceptors (Lipinski definition) is 5. The first-order valence-corrected chi connectivity index (χ1v) is 7.42. The summed E-state index contributed by atoms with van der Waals surface area (Å²) in [4.78, 5) is 24.4. The lowest BCUT2D eigenvalue weighted by Gasteiger charge is -2.08. The number of carbonyl (C=O) groups excluding carboxylic acids is 1. The van der Waals surface area contributed by atoms with Crippen LogP contribution in [0.3, 0.4) is 0 Å². The Morgan fingerprint density at radius 3 is 2.38 bits per heavy atom.